The highest BCUT2D eigenvalue weighted by molar-refractivity contribution is 7.92. The van der Waals surface area contributed by atoms with Crippen LogP contribution in [0.2, 0.25) is 10.0 Å². The van der Waals surface area contributed by atoms with Gasteiger partial charge in [0.05, 0.1) is 11.9 Å². The number of hydrogen-bond acceptors (Lipinski definition) is 4. The summed E-state index contributed by atoms with van der Waals surface area (Å²) in [5, 5.41) is 4.11. The Morgan fingerprint density at radius 1 is 0.930 bits per heavy atom. The Kier molecular flexibility index (Phi) is 11.9. The Balaban J connectivity index is 1.61. The minimum atomic E-state index is -3.57. The van der Waals surface area contributed by atoms with Crippen LogP contribution >= 0.6 is 23.2 Å². The van der Waals surface area contributed by atoms with Crippen LogP contribution in [0, 0.1) is 0 Å². The molecule has 3 aromatic carbocycles. The van der Waals surface area contributed by atoms with Gasteiger partial charge in [0, 0.05) is 42.0 Å². The fourth-order valence-corrected chi connectivity index (χ4v) is 6.96. The zero-order chi connectivity index (χ0) is 30.8. The van der Waals surface area contributed by atoms with Crippen molar-refractivity contribution in [3.8, 4) is 0 Å². The molecular formula is C33H39Cl2N3O4S. The minimum Gasteiger partial charge on any atom is -0.352 e. The molecule has 0 bridgehead atoms. The van der Waals surface area contributed by atoms with Gasteiger partial charge < -0.3 is 10.2 Å². The summed E-state index contributed by atoms with van der Waals surface area (Å²) < 4.78 is 26.5. The molecule has 0 saturated heterocycles. The molecule has 0 spiro atoms. The van der Waals surface area contributed by atoms with Gasteiger partial charge in [0.1, 0.15) is 6.04 Å². The van der Waals surface area contributed by atoms with E-state index in [0.717, 1.165) is 43.9 Å². The van der Waals surface area contributed by atoms with Crippen molar-refractivity contribution in [1.82, 2.24) is 10.2 Å². The van der Waals surface area contributed by atoms with Crippen molar-refractivity contribution in [2.24, 2.45) is 0 Å². The lowest BCUT2D eigenvalue weighted by atomic mass is 9.94. The maximum atomic E-state index is 14.0. The van der Waals surface area contributed by atoms with Gasteiger partial charge in [-0.1, -0.05) is 97.1 Å². The number of nitrogens with one attached hydrogen (secondary N) is 1. The van der Waals surface area contributed by atoms with Gasteiger partial charge in [0.25, 0.3) is 0 Å². The molecule has 2 amide bonds. The third-order valence-corrected chi connectivity index (χ3v) is 9.56. The van der Waals surface area contributed by atoms with E-state index in [9.17, 15) is 18.0 Å². The van der Waals surface area contributed by atoms with Crippen LogP contribution in [0.15, 0.2) is 78.9 Å². The topological polar surface area (TPSA) is 86.8 Å². The van der Waals surface area contributed by atoms with E-state index in [1.165, 1.54) is 4.31 Å². The van der Waals surface area contributed by atoms with E-state index in [2.05, 4.69) is 5.32 Å². The van der Waals surface area contributed by atoms with Gasteiger partial charge in [0.2, 0.25) is 21.8 Å². The molecule has 1 atom stereocenters. The van der Waals surface area contributed by atoms with Crippen molar-refractivity contribution in [2.45, 2.75) is 70.0 Å². The molecule has 0 radical (unpaired) electrons. The Morgan fingerprint density at radius 3 is 2.21 bits per heavy atom. The molecule has 0 aliphatic heterocycles. The molecule has 0 unspecified atom stereocenters. The minimum absolute atomic E-state index is 0.0477. The quantitative estimate of drug-likeness (QED) is 0.227. The van der Waals surface area contributed by atoms with Crippen LogP contribution in [0.4, 0.5) is 5.69 Å². The summed E-state index contributed by atoms with van der Waals surface area (Å²) >= 11 is 12.7. The van der Waals surface area contributed by atoms with Crippen molar-refractivity contribution in [1.29, 1.82) is 0 Å². The molecular weight excluding hydrogens is 605 g/mol. The molecule has 1 saturated carbocycles. The first-order valence-electron chi connectivity index (χ1n) is 14.7. The van der Waals surface area contributed by atoms with Gasteiger partial charge in [-0.3, -0.25) is 13.9 Å². The maximum absolute atomic E-state index is 14.0. The van der Waals surface area contributed by atoms with E-state index in [-0.39, 0.29) is 43.8 Å². The number of halogens is 2. The molecule has 10 heteroatoms. The number of sulfonamides is 1. The highest BCUT2D eigenvalue weighted by Gasteiger charge is 2.32. The predicted octanol–water partition coefficient (Wildman–Crippen LogP) is 6.63. The van der Waals surface area contributed by atoms with Crippen molar-refractivity contribution in [2.75, 3.05) is 17.1 Å². The zero-order valence-corrected chi connectivity index (χ0v) is 26.8. The molecule has 7 nitrogen and oxygen atoms in total. The highest BCUT2D eigenvalue weighted by Crippen LogP contribution is 2.26. The summed E-state index contributed by atoms with van der Waals surface area (Å²) in [6.07, 6.45) is 6.93. The molecule has 43 heavy (non-hydrogen) atoms. The fourth-order valence-electron chi connectivity index (χ4n) is 5.53. The smallest absolute Gasteiger partial charge is 0.243 e. The number of para-hydroxylation sites is 1. The van der Waals surface area contributed by atoms with Gasteiger partial charge in [-0.15, -0.1) is 0 Å². The monoisotopic (exact) mass is 643 g/mol. The third kappa shape index (κ3) is 9.71. The third-order valence-electron chi connectivity index (χ3n) is 7.77. The van der Waals surface area contributed by atoms with Gasteiger partial charge in [-0.2, -0.15) is 0 Å². The largest absolute Gasteiger partial charge is 0.352 e. The second-order valence-corrected chi connectivity index (χ2v) is 13.8. The number of amides is 2. The molecule has 1 fully saturated rings. The van der Waals surface area contributed by atoms with E-state index in [1.807, 2.05) is 36.4 Å². The molecule has 230 valence electrons. The second kappa shape index (κ2) is 15.6. The molecule has 0 heterocycles. The highest BCUT2D eigenvalue weighted by atomic mass is 35.5. The average molecular weight is 645 g/mol. The van der Waals surface area contributed by atoms with E-state index in [0.29, 0.717) is 27.7 Å². The van der Waals surface area contributed by atoms with Gasteiger partial charge in [-0.05, 0) is 54.7 Å². The lowest BCUT2D eigenvalue weighted by Gasteiger charge is -2.34. The molecule has 1 aliphatic carbocycles. The van der Waals surface area contributed by atoms with Crippen LogP contribution in [0.1, 0.15) is 56.1 Å². The number of hydrogen-bond donors (Lipinski definition) is 1. The second-order valence-electron chi connectivity index (χ2n) is 11.1. The Hall–Kier alpha value is -3.07. The number of anilines is 1. The molecule has 1 aliphatic rings. The number of benzene rings is 3. The summed E-state index contributed by atoms with van der Waals surface area (Å²) in [6, 6.07) is 22.8. The van der Waals surface area contributed by atoms with Crippen molar-refractivity contribution < 1.29 is 18.0 Å². The lowest BCUT2D eigenvalue weighted by Crippen LogP contribution is -2.53. The van der Waals surface area contributed by atoms with Gasteiger partial charge in [-0.25, -0.2) is 8.42 Å². The van der Waals surface area contributed by atoms with E-state index in [1.54, 1.807) is 47.4 Å². The predicted molar refractivity (Wildman–Crippen MR) is 174 cm³/mol. The number of rotatable bonds is 13. The van der Waals surface area contributed by atoms with Crippen LogP contribution in [0.3, 0.4) is 0 Å². The number of carbonyl (C=O) groups is 2. The Bertz CT molecular complexity index is 1470. The van der Waals surface area contributed by atoms with Gasteiger partial charge in [0.15, 0.2) is 0 Å². The molecule has 0 aromatic heterocycles. The molecule has 1 N–H and O–H groups in total. The van der Waals surface area contributed by atoms with Crippen molar-refractivity contribution >= 4 is 50.7 Å². The SMILES string of the molecule is CS(=O)(=O)N(CCCC(=O)N(Cc1ccc(Cl)cc1Cl)[C@H](Cc1ccccc1)C(=O)NC1CCCCC1)c1ccccc1. The summed E-state index contributed by atoms with van der Waals surface area (Å²) in [4.78, 5) is 29.6. The first-order chi connectivity index (χ1) is 20.6. The summed E-state index contributed by atoms with van der Waals surface area (Å²) in [5.74, 6) is -0.455. The summed E-state index contributed by atoms with van der Waals surface area (Å²) in [6.45, 7) is 0.237. The number of nitrogens with zero attached hydrogens (tertiary/aromatic N) is 2. The van der Waals surface area contributed by atoms with E-state index in [4.69, 9.17) is 23.2 Å². The zero-order valence-electron chi connectivity index (χ0n) is 24.4. The normalized spacial score (nSPS) is 14.6. The average Bonchev–Trinajstić information content (AvgIpc) is 2.99. The van der Waals surface area contributed by atoms with E-state index >= 15 is 0 Å². The Labute approximate surface area is 265 Å². The lowest BCUT2D eigenvalue weighted by molar-refractivity contribution is -0.141. The Morgan fingerprint density at radius 2 is 1.58 bits per heavy atom. The number of carbonyl (C=O) groups excluding carboxylic acids is 2. The van der Waals surface area contributed by atoms with Gasteiger partial charge >= 0.3 is 0 Å². The van der Waals surface area contributed by atoms with Crippen LogP contribution in [0.25, 0.3) is 0 Å². The first kappa shape index (κ1) is 32.8. The van der Waals surface area contributed by atoms with Crippen LogP contribution < -0.4 is 9.62 Å². The maximum Gasteiger partial charge on any atom is 0.243 e. The van der Waals surface area contributed by atoms with Crippen LogP contribution in [0.5, 0.6) is 0 Å². The van der Waals surface area contributed by atoms with Crippen molar-refractivity contribution in [3.63, 3.8) is 0 Å². The van der Waals surface area contributed by atoms with Crippen LogP contribution in [-0.4, -0.2) is 50.0 Å². The fraction of sp³-hybridized carbons (Fsp3) is 0.394. The molecule has 4 rings (SSSR count). The first-order valence-corrected chi connectivity index (χ1v) is 17.3. The van der Waals surface area contributed by atoms with E-state index < -0.39 is 16.1 Å². The van der Waals surface area contributed by atoms with Crippen molar-refractivity contribution in [3.05, 3.63) is 100 Å². The summed E-state index contributed by atoms with van der Waals surface area (Å²) in [5.41, 5.74) is 2.14. The van der Waals surface area contributed by atoms with Crippen LogP contribution in [-0.2, 0) is 32.6 Å². The standard InChI is InChI=1S/C33H39Cl2N3O4S/c1-43(41,42)38(29-16-9-4-10-17-29)21-11-18-32(39)37(24-26-19-20-27(34)23-30(26)35)31(22-25-12-5-2-6-13-25)33(40)36-28-14-7-3-8-15-28/h2,4-6,9-10,12-13,16-17,19-20,23,28,31H,3,7-8,11,14-15,18,21-22,24H2,1H3,(H,36,40)/t31-/m1/s1. The molecule has 3 aromatic rings. The summed E-state index contributed by atoms with van der Waals surface area (Å²) in [7, 11) is -3.57.